The van der Waals surface area contributed by atoms with E-state index in [1.807, 2.05) is 6.07 Å². The van der Waals surface area contributed by atoms with Gasteiger partial charge in [0.1, 0.15) is 12.2 Å². The lowest BCUT2D eigenvalue weighted by molar-refractivity contribution is -0.152. The van der Waals surface area contributed by atoms with Crippen LogP contribution in [0.1, 0.15) is 110 Å². The van der Waals surface area contributed by atoms with Crippen molar-refractivity contribution in [1.29, 1.82) is 0 Å². The first-order chi connectivity index (χ1) is 32.2. The largest absolute Gasteiger partial charge is 0.504 e. The fraction of sp³-hybridized carbons (Fsp3) is 0.564. The number of piperidine rings is 1. The number of aromatic hydroxyl groups is 1. The number of carbonyl (C=O) groups excluding carboxylic acids is 1. The van der Waals surface area contributed by atoms with Crippen molar-refractivity contribution in [3.63, 3.8) is 0 Å². The van der Waals surface area contributed by atoms with Gasteiger partial charge in [-0.1, -0.05) is 71.4 Å². The number of aliphatic hydroxyl groups excluding tert-OH is 3. The van der Waals surface area contributed by atoms with E-state index in [9.17, 15) is 25.2 Å². The normalized spacial score (nSPS) is 31.5. The number of phenolic OH excluding ortho intramolecular Hbond substituents is 1. The van der Waals surface area contributed by atoms with Gasteiger partial charge in [-0.05, 0) is 119 Å². The van der Waals surface area contributed by atoms with Crippen LogP contribution in [-0.4, -0.2) is 94.5 Å². The number of phenols is 1. The molecule has 3 aromatic carbocycles. The Morgan fingerprint density at radius 3 is 2.66 bits per heavy atom. The second kappa shape index (κ2) is 21.1. The van der Waals surface area contributed by atoms with Crippen LogP contribution in [0.5, 0.6) is 11.5 Å². The number of carbonyl (C=O) groups is 1. The average Bonchev–Trinajstić information content (AvgIpc) is 3.35. The molecule has 4 heterocycles. The fourth-order valence-electron chi connectivity index (χ4n) is 11.6. The lowest BCUT2D eigenvalue weighted by Crippen LogP contribution is -2.60. The molecule has 12 heteroatoms. The van der Waals surface area contributed by atoms with Crippen LogP contribution in [0.4, 0.5) is 0 Å². The van der Waals surface area contributed by atoms with Gasteiger partial charge in [-0.2, -0.15) is 0 Å². The minimum absolute atomic E-state index is 0.0463. The lowest BCUT2D eigenvalue weighted by atomic mass is 9.70. The topological polar surface area (TPSA) is 191 Å². The van der Waals surface area contributed by atoms with Gasteiger partial charge in [0.15, 0.2) is 17.5 Å². The van der Waals surface area contributed by atoms with Crippen molar-refractivity contribution in [2.75, 3.05) is 26.2 Å². The van der Waals surface area contributed by atoms with E-state index in [4.69, 9.17) is 20.2 Å². The number of rotatable bonds is 5. The van der Waals surface area contributed by atoms with Gasteiger partial charge in [-0.3, -0.25) is 9.79 Å². The molecule has 3 aromatic rings. The summed E-state index contributed by atoms with van der Waals surface area (Å²) >= 11 is 0. The number of nitrogens with one attached hydrogen (secondary N) is 3. The maximum Gasteiger partial charge on any atom is 0.302 e. The Hall–Kier alpha value is -5.08. The Balaban J connectivity index is 1.30. The van der Waals surface area contributed by atoms with Crippen molar-refractivity contribution in [1.82, 2.24) is 16.0 Å². The number of hydrogen-bond acceptors (Lipinski definition) is 12. The molecule has 10 bridgehead atoms. The number of aliphatic hydroxyl groups is 3. The highest BCUT2D eigenvalue weighted by molar-refractivity contribution is 5.78. The van der Waals surface area contributed by atoms with E-state index in [0.29, 0.717) is 69.5 Å². The monoisotopic (exact) mass is 914 g/mol. The van der Waals surface area contributed by atoms with Gasteiger partial charge < -0.3 is 51.6 Å². The second-order valence-corrected chi connectivity index (χ2v) is 20.5. The van der Waals surface area contributed by atoms with Gasteiger partial charge in [0.2, 0.25) is 0 Å². The minimum Gasteiger partial charge on any atom is -0.504 e. The Bertz CT molecular complexity index is 2400. The number of guanidine groups is 1. The first-order valence-corrected chi connectivity index (χ1v) is 24.5. The fourth-order valence-corrected chi connectivity index (χ4v) is 11.6. The number of nitrogens with zero attached hydrogens (tertiary/aromatic N) is 1. The SMILES string of the molecule is CC(=O)OC1CC(O)CCC2(C(C)O)C#CC3CC4C#CCC(Cc5cccc(c5)C(Cc5cc(C)cc(C)c5)CNC(N)=NC2)NCC2(C4)CC(CCN2)Oc2cc(c(CO)cc2O)CC31. The molecule has 358 valence electrons. The van der Waals surface area contributed by atoms with Crippen LogP contribution < -0.4 is 26.4 Å². The van der Waals surface area contributed by atoms with Crippen molar-refractivity contribution in [3.05, 3.63) is 93.5 Å². The summed E-state index contributed by atoms with van der Waals surface area (Å²) in [7, 11) is 0. The van der Waals surface area contributed by atoms with Crippen LogP contribution in [-0.2, 0) is 35.4 Å². The van der Waals surface area contributed by atoms with Crippen molar-refractivity contribution >= 4 is 11.9 Å². The predicted octanol–water partition coefficient (Wildman–Crippen LogP) is 5.26. The lowest BCUT2D eigenvalue weighted by Gasteiger charge is -2.44. The molecule has 1 fully saturated rings. The molecule has 0 aromatic heterocycles. The minimum atomic E-state index is -1.09. The summed E-state index contributed by atoms with van der Waals surface area (Å²) < 4.78 is 13.0. The summed E-state index contributed by atoms with van der Waals surface area (Å²) in [6.45, 7) is 9.02. The Morgan fingerprint density at radius 1 is 1.06 bits per heavy atom. The first kappa shape index (κ1) is 48.4. The summed E-state index contributed by atoms with van der Waals surface area (Å²) in [6.07, 6.45) is 2.99. The average molecular weight is 914 g/mol. The first-order valence-electron chi connectivity index (χ1n) is 24.5. The summed E-state index contributed by atoms with van der Waals surface area (Å²) in [5, 5.41) is 57.2. The molecule has 1 spiro atoms. The number of esters is 1. The third kappa shape index (κ3) is 12.0. The summed E-state index contributed by atoms with van der Waals surface area (Å²) in [5.41, 5.74) is 12.6. The van der Waals surface area contributed by atoms with Gasteiger partial charge >= 0.3 is 5.97 Å². The molecular weight excluding hydrogens is 843 g/mol. The molecule has 8 rings (SSSR count). The van der Waals surface area contributed by atoms with Crippen LogP contribution in [0.3, 0.4) is 0 Å². The molecule has 5 aliphatic rings. The highest BCUT2D eigenvalue weighted by Gasteiger charge is 2.44. The molecule has 11 unspecified atom stereocenters. The number of nitrogens with two attached hydrogens (primary N) is 1. The molecular formula is C55H71N5O7. The van der Waals surface area contributed by atoms with Crippen molar-refractivity contribution < 1.29 is 34.7 Å². The second-order valence-electron chi connectivity index (χ2n) is 20.5. The predicted molar refractivity (Wildman–Crippen MR) is 260 cm³/mol. The van der Waals surface area contributed by atoms with E-state index in [1.165, 1.54) is 34.7 Å². The third-order valence-electron chi connectivity index (χ3n) is 15.1. The zero-order valence-corrected chi connectivity index (χ0v) is 39.7. The molecule has 0 amide bonds. The van der Waals surface area contributed by atoms with Gasteiger partial charge in [-0.25, -0.2) is 0 Å². The number of aliphatic imine (C=N–C) groups is 1. The van der Waals surface area contributed by atoms with Gasteiger partial charge in [0, 0.05) is 74.5 Å². The summed E-state index contributed by atoms with van der Waals surface area (Å²) in [6, 6.07) is 19.0. The van der Waals surface area contributed by atoms with E-state index >= 15 is 0 Å². The van der Waals surface area contributed by atoms with Gasteiger partial charge in [0.05, 0.1) is 30.8 Å². The van der Waals surface area contributed by atoms with E-state index in [0.717, 1.165) is 24.8 Å². The molecule has 12 nitrogen and oxygen atoms in total. The van der Waals surface area contributed by atoms with Crippen LogP contribution in [0, 0.1) is 60.7 Å². The summed E-state index contributed by atoms with van der Waals surface area (Å²) in [5.74, 6) is 13.7. The maximum atomic E-state index is 13.0. The van der Waals surface area contributed by atoms with Crippen molar-refractivity contribution in [2.45, 2.75) is 147 Å². The van der Waals surface area contributed by atoms with Crippen molar-refractivity contribution in [2.24, 2.45) is 33.9 Å². The van der Waals surface area contributed by atoms with Gasteiger partial charge in [-0.15, -0.1) is 5.92 Å². The maximum absolute atomic E-state index is 13.0. The highest BCUT2D eigenvalue weighted by Crippen LogP contribution is 2.42. The smallest absolute Gasteiger partial charge is 0.302 e. The molecule has 9 N–H and O–H groups in total. The van der Waals surface area contributed by atoms with Crippen molar-refractivity contribution in [3.8, 4) is 35.2 Å². The van der Waals surface area contributed by atoms with Crippen LogP contribution in [0.15, 0.2) is 59.6 Å². The van der Waals surface area contributed by atoms with Gasteiger partial charge in [0.25, 0.3) is 0 Å². The molecule has 0 saturated carbocycles. The number of fused-ring (bicyclic) bond motifs is 8. The Kier molecular flexibility index (Phi) is 15.2. The zero-order valence-electron chi connectivity index (χ0n) is 39.7. The molecule has 1 aliphatic carbocycles. The number of benzene rings is 3. The molecule has 1 saturated heterocycles. The van der Waals surface area contributed by atoms with E-state index in [2.05, 4.69) is 95.9 Å². The zero-order chi connectivity index (χ0) is 47.3. The number of hydrogen-bond donors (Lipinski definition) is 8. The van der Waals surface area contributed by atoms with Crippen LogP contribution in [0.2, 0.25) is 0 Å². The number of ether oxygens (including phenoxy) is 2. The Morgan fingerprint density at radius 2 is 1.88 bits per heavy atom. The van der Waals surface area contributed by atoms with Crippen LogP contribution >= 0.6 is 0 Å². The molecule has 11 atom stereocenters. The summed E-state index contributed by atoms with van der Waals surface area (Å²) in [4.78, 5) is 17.9. The van der Waals surface area contributed by atoms with E-state index in [-0.39, 0.29) is 61.7 Å². The number of aryl methyl sites for hydroxylation is 2. The highest BCUT2D eigenvalue weighted by atomic mass is 16.5. The Labute approximate surface area is 396 Å². The van der Waals surface area contributed by atoms with E-state index < -0.39 is 47.1 Å². The van der Waals surface area contributed by atoms with Crippen LogP contribution in [0.25, 0.3) is 0 Å². The standard InChI is InChI=1S/C55H71N5O7/c1-34-17-35(2)19-40(18-34)22-44-30-57-53(56)59-32-54(36(3)62)14-11-42-21-39-8-6-10-46(23-38-7-5-9-41(44)20-38)58-33-55(28-39)29-48(13-16-60-55)67-52-26-43(45(31-61)25-50(52)65)24-49(42)51(66-37(4)63)27-47(64)12-15-54/h5,7,9,17-20,25-26,36,39,42,44,46-49,51,58,60-62,64-65H,10,12-13,15-16,21-24,27-33H2,1-4H3,(H3,56,57,59). The quantitative estimate of drug-likeness (QED) is 0.123. The molecule has 0 radical (unpaired) electrons. The van der Waals surface area contributed by atoms with E-state index in [1.54, 1.807) is 13.0 Å². The third-order valence-corrected chi connectivity index (χ3v) is 15.1. The molecule has 67 heavy (non-hydrogen) atoms. The molecule has 4 aliphatic heterocycles.